The van der Waals surface area contributed by atoms with E-state index in [0.717, 1.165) is 0 Å². The van der Waals surface area contributed by atoms with E-state index in [1.54, 1.807) is 19.1 Å². The van der Waals surface area contributed by atoms with Crippen LogP contribution < -0.4 is 4.74 Å². The molecule has 104 valence electrons. The molecule has 0 amide bonds. The van der Waals surface area contributed by atoms with E-state index in [0.29, 0.717) is 17.7 Å². The lowest BCUT2D eigenvalue weighted by Crippen LogP contribution is -1.98. The molecule has 0 bridgehead atoms. The molecule has 0 aliphatic heterocycles. The van der Waals surface area contributed by atoms with Crippen molar-refractivity contribution in [2.24, 2.45) is 0 Å². The van der Waals surface area contributed by atoms with Crippen molar-refractivity contribution < 1.29 is 17.9 Å². The van der Waals surface area contributed by atoms with Crippen LogP contribution in [0.5, 0.6) is 11.5 Å². The lowest BCUT2D eigenvalue weighted by molar-refractivity contribution is 0.419. The fourth-order valence-corrected chi connectivity index (χ4v) is 1.72. The molecule has 21 heavy (non-hydrogen) atoms. The quantitative estimate of drug-likeness (QED) is 0.786. The van der Waals surface area contributed by atoms with Gasteiger partial charge in [0, 0.05) is 12.1 Å². The van der Waals surface area contributed by atoms with E-state index in [-0.39, 0.29) is 16.9 Å². The minimum atomic E-state index is -1.34. The number of benzene rings is 2. The molecule has 2 aromatic carbocycles. The highest BCUT2D eigenvalue weighted by Gasteiger charge is 2.17. The van der Waals surface area contributed by atoms with Gasteiger partial charge in [-0.05, 0) is 18.6 Å². The van der Waals surface area contributed by atoms with Crippen molar-refractivity contribution >= 4 is 0 Å². The van der Waals surface area contributed by atoms with Gasteiger partial charge in [0.15, 0.2) is 23.2 Å². The van der Waals surface area contributed by atoms with Crippen LogP contribution in [0.1, 0.15) is 16.7 Å². The summed E-state index contributed by atoms with van der Waals surface area (Å²) < 4.78 is 44.8. The second-order valence-electron chi connectivity index (χ2n) is 4.16. The first-order valence-corrected chi connectivity index (χ1v) is 5.74. The molecule has 2 rings (SSSR count). The maximum absolute atomic E-state index is 13.6. The van der Waals surface area contributed by atoms with Gasteiger partial charge < -0.3 is 4.74 Å². The summed E-state index contributed by atoms with van der Waals surface area (Å²) in [4.78, 5) is 0. The highest BCUT2D eigenvalue weighted by molar-refractivity contribution is 5.58. The first-order chi connectivity index (χ1) is 9.97. The second kappa shape index (κ2) is 5.56. The average Bonchev–Trinajstić information content (AvgIpc) is 2.46. The third kappa shape index (κ3) is 2.65. The van der Waals surface area contributed by atoms with Gasteiger partial charge in [-0.2, -0.15) is 10.5 Å². The third-order valence-corrected chi connectivity index (χ3v) is 2.77. The standard InChI is InChI=1S/C15H7F3N2O/c1-8-2-3-9(6-19)10(7-20)15(8)21-14-5-12(17)11(16)4-13(14)18/h2-5H,1H3. The van der Waals surface area contributed by atoms with Gasteiger partial charge in [0.2, 0.25) is 0 Å². The Morgan fingerprint density at radius 3 is 2.24 bits per heavy atom. The summed E-state index contributed by atoms with van der Waals surface area (Å²) in [5.41, 5.74) is 0.400. The molecule has 0 aromatic heterocycles. The van der Waals surface area contributed by atoms with Crippen LogP contribution in [0.2, 0.25) is 0 Å². The zero-order chi connectivity index (χ0) is 15.6. The number of aryl methyl sites for hydroxylation is 1. The van der Waals surface area contributed by atoms with Crippen molar-refractivity contribution in [3.05, 3.63) is 58.4 Å². The predicted molar refractivity (Wildman–Crippen MR) is 67.0 cm³/mol. The number of rotatable bonds is 2. The van der Waals surface area contributed by atoms with Crippen molar-refractivity contribution in [3.8, 4) is 23.6 Å². The Labute approximate surface area is 118 Å². The van der Waals surface area contributed by atoms with Crippen molar-refractivity contribution in [1.82, 2.24) is 0 Å². The average molecular weight is 288 g/mol. The molecule has 0 N–H and O–H groups in total. The fraction of sp³-hybridized carbons (Fsp3) is 0.0667. The Morgan fingerprint density at radius 1 is 0.952 bits per heavy atom. The Balaban J connectivity index is 2.58. The molecular formula is C15H7F3N2O. The van der Waals surface area contributed by atoms with E-state index in [2.05, 4.69) is 0 Å². The third-order valence-electron chi connectivity index (χ3n) is 2.77. The first-order valence-electron chi connectivity index (χ1n) is 5.74. The van der Waals surface area contributed by atoms with Gasteiger partial charge in [0.1, 0.15) is 23.5 Å². The normalized spacial score (nSPS) is 9.81. The number of halogens is 3. The molecule has 0 heterocycles. The fourth-order valence-electron chi connectivity index (χ4n) is 1.72. The van der Waals surface area contributed by atoms with E-state index in [9.17, 15) is 13.2 Å². The highest BCUT2D eigenvalue weighted by Crippen LogP contribution is 2.33. The summed E-state index contributed by atoms with van der Waals surface area (Å²) in [6.07, 6.45) is 0. The summed E-state index contributed by atoms with van der Waals surface area (Å²) in [5.74, 6) is -4.37. The van der Waals surface area contributed by atoms with Crippen LogP contribution in [0.15, 0.2) is 24.3 Å². The molecule has 0 unspecified atom stereocenters. The van der Waals surface area contributed by atoms with Gasteiger partial charge in [0.25, 0.3) is 0 Å². The molecule has 0 saturated heterocycles. The van der Waals surface area contributed by atoms with Gasteiger partial charge in [0.05, 0.1) is 5.56 Å². The van der Waals surface area contributed by atoms with Gasteiger partial charge >= 0.3 is 0 Å². The van der Waals surface area contributed by atoms with Crippen molar-refractivity contribution in [2.75, 3.05) is 0 Å². The molecule has 6 heteroatoms. The summed E-state index contributed by atoms with van der Waals surface area (Å²) in [5, 5.41) is 18.0. The van der Waals surface area contributed by atoms with E-state index < -0.39 is 23.2 Å². The van der Waals surface area contributed by atoms with Crippen LogP contribution in [-0.4, -0.2) is 0 Å². The molecule has 0 saturated carbocycles. The minimum Gasteiger partial charge on any atom is -0.452 e. The van der Waals surface area contributed by atoms with Crippen LogP contribution in [-0.2, 0) is 0 Å². The van der Waals surface area contributed by atoms with Gasteiger partial charge in [-0.3, -0.25) is 0 Å². The Bertz CT molecular complexity index is 804. The van der Waals surface area contributed by atoms with Gasteiger partial charge in [-0.25, -0.2) is 13.2 Å². The van der Waals surface area contributed by atoms with Gasteiger partial charge in [-0.15, -0.1) is 0 Å². The Hall–Kier alpha value is -2.99. The summed E-state index contributed by atoms with van der Waals surface area (Å²) in [6, 6.07) is 7.41. The number of hydrogen-bond acceptors (Lipinski definition) is 3. The van der Waals surface area contributed by atoms with Crippen molar-refractivity contribution in [1.29, 1.82) is 10.5 Å². The van der Waals surface area contributed by atoms with Crippen LogP contribution in [0.3, 0.4) is 0 Å². The zero-order valence-electron chi connectivity index (χ0n) is 10.7. The first kappa shape index (κ1) is 14.4. The monoisotopic (exact) mass is 288 g/mol. The molecule has 0 fully saturated rings. The van der Waals surface area contributed by atoms with Crippen molar-refractivity contribution in [3.63, 3.8) is 0 Å². The molecule has 3 nitrogen and oxygen atoms in total. The molecule has 0 aliphatic rings. The van der Waals surface area contributed by atoms with Crippen LogP contribution >= 0.6 is 0 Å². The number of ether oxygens (including phenoxy) is 1. The Kier molecular flexibility index (Phi) is 3.82. The topological polar surface area (TPSA) is 56.8 Å². The minimum absolute atomic E-state index is 0.0427. The molecule has 0 atom stereocenters. The summed E-state index contributed by atoms with van der Waals surface area (Å²) in [7, 11) is 0. The summed E-state index contributed by atoms with van der Waals surface area (Å²) in [6.45, 7) is 1.58. The second-order valence-corrected chi connectivity index (χ2v) is 4.16. The van der Waals surface area contributed by atoms with Crippen LogP contribution in [0, 0.1) is 47.0 Å². The van der Waals surface area contributed by atoms with E-state index in [1.165, 1.54) is 12.1 Å². The largest absolute Gasteiger partial charge is 0.452 e. The molecule has 0 radical (unpaired) electrons. The number of nitrogens with zero attached hydrogens (tertiary/aromatic N) is 2. The maximum Gasteiger partial charge on any atom is 0.168 e. The summed E-state index contributed by atoms with van der Waals surface area (Å²) >= 11 is 0. The van der Waals surface area contributed by atoms with Crippen LogP contribution in [0.25, 0.3) is 0 Å². The molecule has 0 spiro atoms. The van der Waals surface area contributed by atoms with E-state index >= 15 is 0 Å². The SMILES string of the molecule is Cc1ccc(C#N)c(C#N)c1Oc1cc(F)c(F)cc1F. The van der Waals surface area contributed by atoms with E-state index in [4.69, 9.17) is 15.3 Å². The molecule has 2 aromatic rings. The number of nitriles is 2. The lowest BCUT2D eigenvalue weighted by atomic mass is 10.0. The van der Waals surface area contributed by atoms with Crippen LogP contribution in [0.4, 0.5) is 13.2 Å². The highest BCUT2D eigenvalue weighted by atomic mass is 19.2. The maximum atomic E-state index is 13.6. The zero-order valence-corrected chi connectivity index (χ0v) is 10.7. The van der Waals surface area contributed by atoms with Crippen molar-refractivity contribution in [2.45, 2.75) is 6.92 Å². The Morgan fingerprint density at radius 2 is 1.62 bits per heavy atom. The molecular weight excluding hydrogens is 281 g/mol. The number of hydrogen-bond donors (Lipinski definition) is 0. The smallest absolute Gasteiger partial charge is 0.168 e. The molecule has 0 aliphatic carbocycles. The van der Waals surface area contributed by atoms with Gasteiger partial charge in [-0.1, -0.05) is 6.07 Å². The van der Waals surface area contributed by atoms with E-state index in [1.807, 2.05) is 0 Å². The predicted octanol–water partition coefficient (Wildman–Crippen LogP) is 3.95. The lowest BCUT2D eigenvalue weighted by Gasteiger charge is -2.12.